The summed E-state index contributed by atoms with van der Waals surface area (Å²) in [4.78, 5) is 32.1. The quantitative estimate of drug-likeness (QED) is 0.721. The molecule has 160 valence electrons. The lowest BCUT2D eigenvalue weighted by Crippen LogP contribution is -2.52. The molecule has 8 nitrogen and oxygen atoms in total. The number of ether oxygens (including phenoxy) is 1. The maximum atomic E-state index is 13.6. The fraction of sp³-hybridized carbons (Fsp3) is 0.381. The number of pyridine rings is 1. The molecule has 0 unspecified atom stereocenters. The van der Waals surface area contributed by atoms with Crippen molar-refractivity contribution in [1.82, 2.24) is 15.2 Å². The highest BCUT2D eigenvalue weighted by atomic mass is 19.1. The number of nitrogens with one attached hydrogen (secondary N) is 2. The zero-order valence-electron chi connectivity index (χ0n) is 16.9. The van der Waals surface area contributed by atoms with E-state index in [-0.39, 0.29) is 24.4 Å². The number of carbonyl (C=O) groups excluding carboxylic acids is 2. The first-order valence-electron chi connectivity index (χ1n) is 9.83. The van der Waals surface area contributed by atoms with E-state index in [1.54, 1.807) is 35.4 Å². The van der Waals surface area contributed by atoms with E-state index in [0.717, 1.165) is 5.82 Å². The SMILES string of the molecule is COCC(=O)Nc1ccc(N2CCN(C(=O)NCCc3ccccc3F)CC2)nc1. The van der Waals surface area contributed by atoms with Crippen LogP contribution in [0.4, 0.5) is 20.7 Å². The topological polar surface area (TPSA) is 86.8 Å². The minimum absolute atomic E-state index is 0.00787. The van der Waals surface area contributed by atoms with Gasteiger partial charge in [0.05, 0.1) is 11.9 Å². The van der Waals surface area contributed by atoms with Gasteiger partial charge in [-0.2, -0.15) is 0 Å². The molecule has 0 atom stereocenters. The van der Waals surface area contributed by atoms with Gasteiger partial charge in [0, 0.05) is 39.8 Å². The van der Waals surface area contributed by atoms with Gasteiger partial charge in [0.15, 0.2) is 0 Å². The van der Waals surface area contributed by atoms with E-state index in [1.807, 2.05) is 6.07 Å². The first kappa shape index (κ1) is 21.5. The van der Waals surface area contributed by atoms with E-state index in [1.165, 1.54) is 13.2 Å². The van der Waals surface area contributed by atoms with E-state index in [0.29, 0.717) is 50.4 Å². The smallest absolute Gasteiger partial charge is 0.317 e. The summed E-state index contributed by atoms with van der Waals surface area (Å²) < 4.78 is 18.4. The standard InChI is InChI=1S/C21H26FN5O3/c1-30-15-20(28)25-17-6-7-19(24-14-17)26-10-12-27(13-11-26)21(29)23-9-8-16-4-2-3-5-18(16)22/h2-7,14H,8-13,15H2,1H3,(H,23,29)(H,25,28). The summed E-state index contributed by atoms with van der Waals surface area (Å²) in [6, 6.07) is 10.1. The Hall–Kier alpha value is -3.20. The first-order chi connectivity index (χ1) is 14.6. The van der Waals surface area contributed by atoms with Gasteiger partial charge in [-0.15, -0.1) is 0 Å². The van der Waals surface area contributed by atoms with Gasteiger partial charge in [0.25, 0.3) is 0 Å². The molecule has 1 aromatic heterocycles. The number of nitrogens with zero attached hydrogens (tertiary/aromatic N) is 3. The number of benzene rings is 1. The Bertz CT molecular complexity index is 854. The van der Waals surface area contributed by atoms with Crippen molar-refractivity contribution in [3.05, 3.63) is 54.0 Å². The number of hydrogen-bond donors (Lipinski definition) is 2. The van der Waals surface area contributed by atoms with Crippen LogP contribution in [-0.2, 0) is 16.0 Å². The van der Waals surface area contributed by atoms with Gasteiger partial charge < -0.3 is 25.2 Å². The van der Waals surface area contributed by atoms with Crippen LogP contribution < -0.4 is 15.5 Å². The second-order valence-electron chi connectivity index (χ2n) is 6.93. The number of urea groups is 1. The highest BCUT2D eigenvalue weighted by Gasteiger charge is 2.21. The molecule has 2 aromatic rings. The molecule has 1 aliphatic rings. The minimum Gasteiger partial charge on any atom is -0.375 e. The van der Waals surface area contributed by atoms with Crippen molar-refractivity contribution in [2.75, 3.05) is 56.7 Å². The summed E-state index contributed by atoms with van der Waals surface area (Å²) >= 11 is 0. The largest absolute Gasteiger partial charge is 0.375 e. The number of anilines is 2. The number of aromatic nitrogens is 1. The summed E-state index contributed by atoms with van der Waals surface area (Å²) in [7, 11) is 1.46. The Morgan fingerprint density at radius 1 is 1.13 bits per heavy atom. The Morgan fingerprint density at radius 2 is 1.90 bits per heavy atom. The molecule has 0 bridgehead atoms. The van der Waals surface area contributed by atoms with Crippen molar-refractivity contribution < 1.29 is 18.7 Å². The van der Waals surface area contributed by atoms with Crippen LogP contribution in [0.25, 0.3) is 0 Å². The fourth-order valence-corrected chi connectivity index (χ4v) is 3.23. The molecule has 1 fully saturated rings. The molecule has 1 saturated heterocycles. The van der Waals surface area contributed by atoms with Crippen molar-refractivity contribution in [2.45, 2.75) is 6.42 Å². The van der Waals surface area contributed by atoms with Gasteiger partial charge in [-0.3, -0.25) is 4.79 Å². The molecule has 9 heteroatoms. The predicted molar refractivity (Wildman–Crippen MR) is 112 cm³/mol. The fourth-order valence-electron chi connectivity index (χ4n) is 3.23. The zero-order valence-corrected chi connectivity index (χ0v) is 16.9. The van der Waals surface area contributed by atoms with E-state index in [2.05, 4.69) is 20.5 Å². The molecule has 3 amide bonds. The number of rotatable bonds is 7. The Morgan fingerprint density at radius 3 is 2.57 bits per heavy atom. The number of halogens is 1. The van der Waals surface area contributed by atoms with Crippen molar-refractivity contribution in [2.24, 2.45) is 0 Å². The third-order valence-corrected chi connectivity index (χ3v) is 4.83. The lowest BCUT2D eigenvalue weighted by molar-refractivity contribution is -0.119. The lowest BCUT2D eigenvalue weighted by atomic mass is 10.1. The summed E-state index contributed by atoms with van der Waals surface area (Å²) in [5.41, 5.74) is 1.20. The van der Waals surface area contributed by atoms with Gasteiger partial charge in [-0.25, -0.2) is 14.2 Å². The average Bonchev–Trinajstić information content (AvgIpc) is 2.76. The normalized spacial score (nSPS) is 13.8. The molecule has 1 aromatic carbocycles. The molecule has 2 N–H and O–H groups in total. The molecule has 30 heavy (non-hydrogen) atoms. The molecule has 0 saturated carbocycles. The van der Waals surface area contributed by atoms with Crippen LogP contribution >= 0.6 is 0 Å². The second-order valence-corrected chi connectivity index (χ2v) is 6.93. The number of carbonyl (C=O) groups is 2. The maximum Gasteiger partial charge on any atom is 0.317 e. The Balaban J connectivity index is 1.42. The predicted octanol–water partition coefficient (Wildman–Crippen LogP) is 1.88. The summed E-state index contributed by atoms with van der Waals surface area (Å²) in [5.74, 6) is 0.304. The number of methoxy groups -OCH3 is 1. The van der Waals surface area contributed by atoms with Gasteiger partial charge in [0.1, 0.15) is 18.2 Å². The monoisotopic (exact) mass is 415 g/mol. The van der Waals surface area contributed by atoms with Crippen LogP contribution in [0, 0.1) is 5.82 Å². The lowest BCUT2D eigenvalue weighted by Gasteiger charge is -2.35. The van der Waals surface area contributed by atoms with E-state index < -0.39 is 0 Å². The summed E-state index contributed by atoms with van der Waals surface area (Å²) in [5, 5.41) is 5.55. The number of hydrogen-bond acceptors (Lipinski definition) is 5. The van der Waals surface area contributed by atoms with Crippen LogP contribution in [-0.4, -0.2) is 68.3 Å². The van der Waals surface area contributed by atoms with Crippen LogP contribution in [0.2, 0.25) is 0 Å². The van der Waals surface area contributed by atoms with E-state index >= 15 is 0 Å². The van der Waals surface area contributed by atoms with Crippen molar-refractivity contribution in [3.8, 4) is 0 Å². The number of amides is 3. The van der Waals surface area contributed by atoms with Crippen molar-refractivity contribution in [1.29, 1.82) is 0 Å². The Kier molecular flexibility index (Phi) is 7.56. The minimum atomic E-state index is -0.253. The molecule has 1 aliphatic heterocycles. The van der Waals surface area contributed by atoms with Crippen LogP contribution in [0.15, 0.2) is 42.6 Å². The van der Waals surface area contributed by atoms with Crippen LogP contribution in [0.1, 0.15) is 5.56 Å². The highest BCUT2D eigenvalue weighted by Crippen LogP contribution is 2.16. The molecule has 0 spiro atoms. The van der Waals surface area contributed by atoms with Gasteiger partial charge in [-0.1, -0.05) is 18.2 Å². The third kappa shape index (κ3) is 5.90. The van der Waals surface area contributed by atoms with Crippen LogP contribution in [0.3, 0.4) is 0 Å². The molecule has 3 rings (SSSR count). The summed E-state index contributed by atoms with van der Waals surface area (Å²) in [6.45, 7) is 2.83. The van der Waals surface area contributed by atoms with Gasteiger partial charge in [-0.05, 0) is 30.2 Å². The molecule has 2 heterocycles. The molecular formula is C21H26FN5O3. The highest BCUT2D eigenvalue weighted by molar-refractivity contribution is 5.91. The van der Waals surface area contributed by atoms with E-state index in [9.17, 15) is 14.0 Å². The summed E-state index contributed by atoms with van der Waals surface area (Å²) in [6.07, 6.45) is 2.06. The van der Waals surface area contributed by atoms with Gasteiger partial charge in [0.2, 0.25) is 5.91 Å². The average molecular weight is 415 g/mol. The van der Waals surface area contributed by atoms with Crippen molar-refractivity contribution >= 4 is 23.4 Å². The van der Waals surface area contributed by atoms with Crippen LogP contribution in [0.5, 0.6) is 0 Å². The molecule has 0 aliphatic carbocycles. The van der Waals surface area contributed by atoms with Crippen molar-refractivity contribution in [3.63, 3.8) is 0 Å². The molecule has 0 radical (unpaired) electrons. The first-order valence-corrected chi connectivity index (χ1v) is 9.83. The maximum absolute atomic E-state index is 13.6. The van der Waals surface area contributed by atoms with E-state index in [4.69, 9.17) is 4.74 Å². The third-order valence-electron chi connectivity index (χ3n) is 4.83. The Labute approximate surface area is 175 Å². The molecular weight excluding hydrogens is 389 g/mol. The van der Waals surface area contributed by atoms with Gasteiger partial charge >= 0.3 is 6.03 Å². The zero-order chi connectivity index (χ0) is 21.3. The second kappa shape index (κ2) is 10.5. The number of piperazine rings is 1.